The van der Waals surface area contributed by atoms with Crippen molar-refractivity contribution in [1.29, 1.82) is 0 Å². The Balaban J connectivity index is 0.868. The molecule has 0 aromatic rings. The summed E-state index contributed by atoms with van der Waals surface area (Å²) in [6.07, 6.45) is -16.8. The lowest BCUT2D eigenvalue weighted by atomic mass is 9.46. The van der Waals surface area contributed by atoms with Gasteiger partial charge in [-0.2, -0.15) is 0 Å². The van der Waals surface area contributed by atoms with Gasteiger partial charge < -0.3 is 99.5 Å². The molecule has 27 atom stereocenters. The Hall–Kier alpha value is -1.06. The zero-order valence-electron chi connectivity index (χ0n) is 37.6. The minimum atomic E-state index is -1.78. The fraction of sp³-hybridized carbons (Fsp3) is 0.956. The molecule has 0 bridgehead atoms. The van der Waals surface area contributed by atoms with Crippen molar-refractivity contribution in [1.82, 2.24) is 0 Å². The fourth-order valence-electron chi connectivity index (χ4n) is 13.6. The van der Waals surface area contributed by atoms with Crippen LogP contribution in [-0.4, -0.2) is 209 Å². The molecular formula is C45H74O20. The monoisotopic (exact) mass is 934 g/mol. The summed E-state index contributed by atoms with van der Waals surface area (Å²) >= 11 is 0. The van der Waals surface area contributed by atoms with Crippen LogP contribution in [0, 0.1) is 46.3 Å². The third kappa shape index (κ3) is 8.70. The van der Waals surface area contributed by atoms with Gasteiger partial charge >= 0.3 is 0 Å². The van der Waals surface area contributed by atoms with E-state index in [9.17, 15) is 66.4 Å². The van der Waals surface area contributed by atoms with Crippen LogP contribution in [0.5, 0.6) is 0 Å². The van der Waals surface area contributed by atoms with Crippen LogP contribution >= 0.6 is 0 Å². The Bertz CT molecular complexity index is 1650. The number of rotatable bonds is 13. The van der Waals surface area contributed by atoms with E-state index in [1.807, 2.05) is 6.92 Å². The number of hydrogen-bond donors (Lipinski definition) is 13. The molecule has 20 heteroatoms. The van der Waals surface area contributed by atoms with Gasteiger partial charge in [-0.15, -0.1) is 0 Å². The van der Waals surface area contributed by atoms with E-state index in [0.29, 0.717) is 25.2 Å². The van der Waals surface area contributed by atoms with Crippen LogP contribution in [0.4, 0.5) is 0 Å². The van der Waals surface area contributed by atoms with Crippen molar-refractivity contribution in [3.63, 3.8) is 0 Å². The second kappa shape index (κ2) is 19.3. The predicted octanol–water partition coefficient (Wildman–Crippen LogP) is -2.89. The van der Waals surface area contributed by atoms with E-state index in [1.54, 1.807) is 0 Å². The van der Waals surface area contributed by atoms with Crippen LogP contribution in [0.15, 0.2) is 11.6 Å². The van der Waals surface area contributed by atoms with Crippen molar-refractivity contribution in [2.75, 3.05) is 26.4 Å². The summed E-state index contributed by atoms with van der Waals surface area (Å²) in [4.78, 5) is 0. The summed E-state index contributed by atoms with van der Waals surface area (Å²) in [5.74, 6) is -0.725. The Morgan fingerprint density at radius 3 is 1.95 bits per heavy atom. The van der Waals surface area contributed by atoms with Gasteiger partial charge in [0.25, 0.3) is 0 Å². The molecule has 13 N–H and O–H groups in total. The van der Waals surface area contributed by atoms with Gasteiger partial charge in [-0.25, -0.2) is 0 Å². The number of ether oxygens (including phenoxy) is 7. The van der Waals surface area contributed by atoms with Crippen molar-refractivity contribution in [3.05, 3.63) is 11.6 Å². The molecule has 8 rings (SSSR count). The highest BCUT2D eigenvalue weighted by Crippen LogP contribution is 2.70. The molecule has 374 valence electrons. The minimum Gasteiger partial charge on any atom is -0.394 e. The maximum absolute atomic E-state index is 12.1. The van der Waals surface area contributed by atoms with E-state index < -0.39 is 135 Å². The van der Waals surface area contributed by atoms with Gasteiger partial charge in [0.05, 0.1) is 44.7 Å². The van der Waals surface area contributed by atoms with Crippen LogP contribution in [0.1, 0.15) is 79.1 Å². The molecule has 65 heavy (non-hydrogen) atoms. The van der Waals surface area contributed by atoms with E-state index in [1.165, 1.54) is 0 Å². The predicted molar refractivity (Wildman–Crippen MR) is 220 cm³/mol. The van der Waals surface area contributed by atoms with Crippen molar-refractivity contribution >= 4 is 0 Å². The first kappa shape index (κ1) is 50.3. The Kier molecular flexibility index (Phi) is 14.9. The number of aliphatic hydroxyl groups excluding tert-OH is 12. The molecule has 1 unspecified atom stereocenters. The first-order chi connectivity index (χ1) is 30.7. The number of hydrogen-bond acceptors (Lipinski definition) is 20. The molecule has 0 radical (unpaired) electrons. The largest absolute Gasteiger partial charge is 0.394 e. The van der Waals surface area contributed by atoms with Crippen LogP contribution in [0.25, 0.3) is 0 Å². The molecule has 20 nitrogen and oxygen atoms in total. The topological polar surface area (TPSA) is 328 Å². The second-order valence-corrected chi connectivity index (χ2v) is 21.1. The Labute approximate surface area is 378 Å². The van der Waals surface area contributed by atoms with Crippen LogP contribution in [0.2, 0.25) is 0 Å². The van der Waals surface area contributed by atoms with E-state index in [4.69, 9.17) is 33.2 Å². The maximum Gasteiger partial charge on any atom is 0.187 e. The zero-order chi connectivity index (χ0) is 47.1. The minimum absolute atomic E-state index is 0.0818. The average molecular weight is 935 g/mol. The first-order valence-electron chi connectivity index (χ1n) is 23.7. The van der Waals surface area contributed by atoms with Gasteiger partial charge in [-0.3, -0.25) is 0 Å². The van der Waals surface area contributed by atoms with E-state index in [-0.39, 0.29) is 54.1 Å². The summed E-state index contributed by atoms with van der Waals surface area (Å²) in [6, 6.07) is 0. The van der Waals surface area contributed by atoms with Gasteiger partial charge in [-0.05, 0) is 73.5 Å². The molecule has 0 spiro atoms. The molecule has 3 saturated carbocycles. The third-order valence-corrected chi connectivity index (χ3v) is 17.5. The van der Waals surface area contributed by atoms with Crippen LogP contribution < -0.4 is 0 Å². The lowest BCUT2D eigenvalue weighted by molar-refractivity contribution is -0.363. The highest BCUT2D eigenvalue weighted by molar-refractivity contribution is 5.28. The van der Waals surface area contributed by atoms with Gasteiger partial charge in [0.1, 0.15) is 73.2 Å². The standard InChI is InChI=1S/C45H74O20/c1-18(17-59-40-36(55)33(52)31(50)26(14-46)61-40)7-10-45(58)19(2)30-25(65-45)13-24-22-6-5-20-11-21(12-29(49)44(20,4)23(22)8-9-43(24,30)3)60-41-38(57)35(54)39(28(16-48)63-41)64-42-37(56)34(53)32(51)27(15-47)62-42/h5,18-19,21-42,46-58H,6-17H2,1-4H3/t18-,19-,21+,22+,23-,24-,25-,26+,27+,28+,29+,30-,31+,32+,33-,34-,35+,36+,37+,38+,39-,40+,41+,42-,43-,44-,45?/m0/s1. The Morgan fingerprint density at radius 1 is 0.723 bits per heavy atom. The molecule has 8 aliphatic rings. The highest BCUT2D eigenvalue weighted by Gasteiger charge is 2.68. The number of aliphatic hydroxyl groups is 13. The molecule has 4 aliphatic carbocycles. The number of allylic oxidation sites excluding steroid dienone is 1. The zero-order valence-corrected chi connectivity index (χ0v) is 37.6. The molecule has 0 aromatic heterocycles. The molecule has 0 amide bonds. The fourth-order valence-corrected chi connectivity index (χ4v) is 13.6. The summed E-state index contributed by atoms with van der Waals surface area (Å²) in [7, 11) is 0. The van der Waals surface area contributed by atoms with Gasteiger partial charge in [0.15, 0.2) is 24.7 Å². The summed E-state index contributed by atoms with van der Waals surface area (Å²) < 4.78 is 41.2. The molecule has 7 fully saturated rings. The molecule has 4 aliphatic heterocycles. The third-order valence-electron chi connectivity index (χ3n) is 17.5. The SMILES string of the molecule is C[C@@H](CCC1(O)O[C@H]2C[C@H]3[C@@H]4CC=C5C[C@@H](O[C@@H]6O[C@H](CO)[C@H](O[C@@H]7O[C@H](CO)[C@@H](O)[C@H](O)[C@H]7O)[C@H](O)[C@H]6O)C[C@@H](O)[C@]5(C)[C@H]4CC[C@]3(C)[C@H]2[C@@H]1C)CO[C@@H]1O[C@H](CO)[C@@H](O)[C@H](O)[C@H]1O. The van der Waals surface area contributed by atoms with E-state index in [2.05, 4.69) is 26.8 Å². The van der Waals surface area contributed by atoms with E-state index in [0.717, 1.165) is 31.3 Å². The summed E-state index contributed by atoms with van der Waals surface area (Å²) in [5, 5.41) is 137. The molecule has 4 heterocycles. The van der Waals surface area contributed by atoms with Gasteiger partial charge in [0, 0.05) is 24.2 Å². The normalized spacial score (nSPS) is 54.8. The molecule has 4 saturated heterocycles. The first-order valence-corrected chi connectivity index (χ1v) is 23.7. The Morgan fingerprint density at radius 2 is 1.31 bits per heavy atom. The molecule has 0 aromatic carbocycles. The number of fused-ring (bicyclic) bond motifs is 7. The van der Waals surface area contributed by atoms with Crippen molar-refractivity contribution in [2.45, 2.75) is 195 Å². The average Bonchev–Trinajstić information content (AvgIpc) is 3.72. The molecular weight excluding hydrogens is 860 g/mol. The highest BCUT2D eigenvalue weighted by atomic mass is 16.7. The van der Waals surface area contributed by atoms with Crippen molar-refractivity contribution in [3.8, 4) is 0 Å². The van der Waals surface area contributed by atoms with Gasteiger partial charge in [-0.1, -0.05) is 39.3 Å². The van der Waals surface area contributed by atoms with Crippen molar-refractivity contribution in [2.24, 2.45) is 46.3 Å². The lowest BCUT2D eigenvalue weighted by Crippen LogP contribution is -2.65. The summed E-state index contributed by atoms with van der Waals surface area (Å²) in [5.41, 5.74) is 0.400. The van der Waals surface area contributed by atoms with Crippen LogP contribution in [-0.2, 0) is 33.2 Å². The van der Waals surface area contributed by atoms with Gasteiger partial charge in [0.2, 0.25) is 0 Å². The lowest BCUT2D eigenvalue weighted by Gasteiger charge is -2.60. The smallest absolute Gasteiger partial charge is 0.187 e. The van der Waals surface area contributed by atoms with Crippen LogP contribution in [0.3, 0.4) is 0 Å². The van der Waals surface area contributed by atoms with Crippen molar-refractivity contribution < 1.29 is 99.5 Å². The summed E-state index contributed by atoms with van der Waals surface area (Å²) in [6.45, 7) is 6.69. The quantitative estimate of drug-likeness (QED) is 0.0825. The maximum atomic E-state index is 12.1. The van der Waals surface area contributed by atoms with E-state index >= 15 is 0 Å². The second-order valence-electron chi connectivity index (χ2n) is 21.1.